The van der Waals surface area contributed by atoms with Gasteiger partial charge in [0.15, 0.2) is 22.3 Å². The zero-order chi connectivity index (χ0) is 23.0. The second-order valence-electron chi connectivity index (χ2n) is 5.30. The third kappa shape index (κ3) is 4.69. The van der Waals surface area contributed by atoms with Crippen LogP contribution in [0.4, 0.5) is 32.2 Å². The highest BCUT2D eigenvalue weighted by molar-refractivity contribution is 7.86. The number of aromatic nitrogens is 2. The molecular formula is C14H7Cl2F6N5O2S. The SMILES string of the molecule is N#Cc1nn(-c2c(Cl)cc(C(F)(F)F)cc2Cl)c(NC(=O)CN)c1S(=O)C(F)(F)F. The Balaban J connectivity index is 2.88. The van der Waals surface area contributed by atoms with Crippen molar-refractivity contribution in [2.75, 3.05) is 11.9 Å². The summed E-state index contributed by atoms with van der Waals surface area (Å²) in [5, 5.41) is 13.0. The van der Waals surface area contributed by atoms with Gasteiger partial charge in [-0.3, -0.25) is 4.79 Å². The molecule has 16 heteroatoms. The fourth-order valence-corrected chi connectivity index (χ4v) is 3.61. The van der Waals surface area contributed by atoms with Crippen molar-refractivity contribution in [3.8, 4) is 11.8 Å². The third-order valence-electron chi connectivity index (χ3n) is 3.34. The molecule has 1 unspecified atom stereocenters. The number of hydrogen-bond donors (Lipinski definition) is 2. The van der Waals surface area contributed by atoms with Crippen molar-refractivity contribution >= 4 is 45.7 Å². The summed E-state index contributed by atoms with van der Waals surface area (Å²) in [7, 11) is -3.85. The smallest absolute Gasteiger partial charge is 0.322 e. The topological polar surface area (TPSA) is 114 Å². The highest BCUT2D eigenvalue weighted by Gasteiger charge is 2.43. The monoisotopic (exact) mass is 493 g/mol. The summed E-state index contributed by atoms with van der Waals surface area (Å²) in [6, 6.07) is 2.09. The summed E-state index contributed by atoms with van der Waals surface area (Å²) < 4.78 is 90.2. The molecule has 1 amide bonds. The number of rotatable bonds is 4. The first-order valence-corrected chi connectivity index (χ1v) is 9.21. The van der Waals surface area contributed by atoms with E-state index in [0.29, 0.717) is 16.8 Å². The molecule has 0 bridgehead atoms. The molecule has 0 aliphatic heterocycles. The molecule has 2 aromatic rings. The summed E-state index contributed by atoms with van der Waals surface area (Å²) in [5.74, 6) is -2.03. The van der Waals surface area contributed by atoms with Gasteiger partial charge >= 0.3 is 11.7 Å². The summed E-state index contributed by atoms with van der Waals surface area (Å²) in [6.45, 7) is -0.736. The lowest BCUT2D eigenvalue weighted by Crippen LogP contribution is -2.25. The Morgan fingerprint density at radius 3 is 2.17 bits per heavy atom. The lowest BCUT2D eigenvalue weighted by molar-refractivity contribution is -0.137. The van der Waals surface area contributed by atoms with Crippen molar-refractivity contribution in [2.24, 2.45) is 5.73 Å². The third-order valence-corrected chi connectivity index (χ3v) is 5.10. The fourth-order valence-electron chi connectivity index (χ4n) is 2.15. The predicted molar refractivity (Wildman–Crippen MR) is 93.4 cm³/mol. The van der Waals surface area contributed by atoms with E-state index in [9.17, 15) is 35.3 Å². The Morgan fingerprint density at radius 2 is 1.77 bits per heavy atom. The van der Waals surface area contributed by atoms with Gasteiger partial charge in [-0.25, -0.2) is 8.89 Å². The van der Waals surface area contributed by atoms with E-state index < -0.39 is 72.6 Å². The van der Waals surface area contributed by atoms with Crippen LogP contribution in [0.5, 0.6) is 0 Å². The molecular weight excluding hydrogens is 487 g/mol. The summed E-state index contributed by atoms with van der Waals surface area (Å²) >= 11 is 11.7. The molecule has 1 heterocycles. The molecule has 1 aromatic carbocycles. The summed E-state index contributed by atoms with van der Waals surface area (Å²) in [6.07, 6.45) is -4.85. The van der Waals surface area contributed by atoms with Crippen molar-refractivity contribution in [1.82, 2.24) is 9.78 Å². The number of nitriles is 1. The number of benzene rings is 1. The van der Waals surface area contributed by atoms with Gasteiger partial charge in [-0.2, -0.15) is 36.7 Å². The van der Waals surface area contributed by atoms with Crippen LogP contribution in [0.3, 0.4) is 0 Å². The van der Waals surface area contributed by atoms with E-state index in [1.807, 2.05) is 5.32 Å². The average molecular weight is 494 g/mol. The van der Waals surface area contributed by atoms with Crippen LogP contribution in [0.2, 0.25) is 10.0 Å². The molecule has 0 saturated heterocycles. The van der Waals surface area contributed by atoms with Crippen LogP contribution in [-0.4, -0.2) is 31.9 Å². The first-order chi connectivity index (χ1) is 13.7. The zero-order valence-corrected chi connectivity index (χ0v) is 16.4. The highest BCUT2D eigenvalue weighted by Crippen LogP contribution is 2.41. The Hall–Kier alpha value is -2.34. The molecule has 0 aliphatic rings. The maximum absolute atomic E-state index is 13.0. The molecule has 0 aliphatic carbocycles. The van der Waals surface area contributed by atoms with Gasteiger partial charge < -0.3 is 11.1 Å². The molecule has 0 spiro atoms. The molecule has 1 atom stereocenters. The molecule has 2 rings (SSSR count). The molecule has 0 fully saturated rings. The van der Waals surface area contributed by atoms with Crippen molar-refractivity contribution in [3.05, 3.63) is 33.4 Å². The Labute approximate surface area is 175 Å². The van der Waals surface area contributed by atoms with Crippen LogP contribution >= 0.6 is 23.2 Å². The van der Waals surface area contributed by atoms with Crippen LogP contribution < -0.4 is 11.1 Å². The van der Waals surface area contributed by atoms with Gasteiger partial charge in [0.2, 0.25) is 5.91 Å². The number of halogens is 8. The number of carbonyl (C=O) groups is 1. The maximum atomic E-state index is 13.0. The molecule has 3 N–H and O–H groups in total. The van der Waals surface area contributed by atoms with Gasteiger partial charge in [-0.1, -0.05) is 23.2 Å². The number of hydrogen-bond acceptors (Lipinski definition) is 5. The summed E-state index contributed by atoms with van der Waals surface area (Å²) in [5.41, 5.74) is -3.17. The number of nitrogens with one attached hydrogen (secondary N) is 1. The minimum absolute atomic E-state index is 0.385. The minimum atomic E-state index is -5.37. The van der Waals surface area contributed by atoms with E-state index in [4.69, 9.17) is 34.2 Å². The minimum Gasteiger partial charge on any atom is -0.322 e. The maximum Gasteiger partial charge on any atom is 0.476 e. The van der Waals surface area contributed by atoms with Crippen LogP contribution in [0.1, 0.15) is 11.3 Å². The van der Waals surface area contributed by atoms with Gasteiger partial charge in [0.25, 0.3) is 0 Å². The van der Waals surface area contributed by atoms with Crippen LogP contribution in [0.15, 0.2) is 17.0 Å². The lowest BCUT2D eigenvalue weighted by Gasteiger charge is -2.15. The van der Waals surface area contributed by atoms with Crippen molar-refractivity contribution in [1.29, 1.82) is 5.26 Å². The number of anilines is 1. The molecule has 30 heavy (non-hydrogen) atoms. The number of nitrogens with zero attached hydrogens (tertiary/aromatic N) is 3. The van der Waals surface area contributed by atoms with Crippen LogP contribution in [0, 0.1) is 11.3 Å². The van der Waals surface area contributed by atoms with E-state index in [1.54, 1.807) is 0 Å². The first-order valence-electron chi connectivity index (χ1n) is 7.30. The normalized spacial score (nSPS) is 13.1. The molecule has 0 saturated carbocycles. The largest absolute Gasteiger partial charge is 0.476 e. The Bertz CT molecular complexity index is 1050. The van der Waals surface area contributed by atoms with E-state index in [1.165, 1.54) is 6.07 Å². The van der Waals surface area contributed by atoms with Crippen LogP contribution in [0.25, 0.3) is 5.69 Å². The van der Waals surface area contributed by atoms with Crippen molar-refractivity contribution < 1.29 is 35.3 Å². The molecule has 162 valence electrons. The van der Waals surface area contributed by atoms with Crippen LogP contribution in [-0.2, 0) is 21.8 Å². The second kappa shape index (κ2) is 8.42. The second-order valence-corrected chi connectivity index (χ2v) is 7.53. The van der Waals surface area contributed by atoms with Gasteiger partial charge in [-0.05, 0) is 12.1 Å². The standard InChI is InChI=1S/C14H7Cl2F6N5O2S/c15-6-1-5(13(17,18)19)2-7(16)10(6)27-12(25-9(28)4-24)11(8(3-23)26-27)30(29)14(20,21)22/h1-2H,4,24H2,(H,25,28). The molecule has 0 radical (unpaired) electrons. The average Bonchev–Trinajstić information content (AvgIpc) is 2.96. The zero-order valence-electron chi connectivity index (χ0n) is 14.0. The Kier molecular flexibility index (Phi) is 6.72. The molecule has 1 aromatic heterocycles. The number of amides is 1. The van der Waals surface area contributed by atoms with E-state index in [-0.39, 0.29) is 0 Å². The quantitative estimate of drug-likeness (QED) is 0.631. The number of carbonyl (C=O) groups excluding carboxylic acids is 1. The Morgan fingerprint density at radius 1 is 1.23 bits per heavy atom. The van der Waals surface area contributed by atoms with E-state index in [0.717, 1.165) is 0 Å². The van der Waals surface area contributed by atoms with Crippen molar-refractivity contribution in [3.63, 3.8) is 0 Å². The fraction of sp³-hybridized carbons (Fsp3) is 0.214. The number of nitrogens with two attached hydrogens (primary N) is 1. The van der Waals surface area contributed by atoms with Gasteiger partial charge in [0.05, 0.1) is 22.2 Å². The highest BCUT2D eigenvalue weighted by atomic mass is 35.5. The van der Waals surface area contributed by atoms with Gasteiger partial charge in [0.1, 0.15) is 16.7 Å². The summed E-state index contributed by atoms with van der Waals surface area (Å²) in [4.78, 5) is 10.4. The molecule has 7 nitrogen and oxygen atoms in total. The van der Waals surface area contributed by atoms with E-state index in [2.05, 4.69) is 5.10 Å². The van der Waals surface area contributed by atoms with Gasteiger partial charge in [-0.15, -0.1) is 0 Å². The first kappa shape index (κ1) is 23.9. The lowest BCUT2D eigenvalue weighted by atomic mass is 10.2. The van der Waals surface area contributed by atoms with Crippen molar-refractivity contribution in [2.45, 2.75) is 16.6 Å². The number of alkyl halides is 6. The van der Waals surface area contributed by atoms with Gasteiger partial charge in [0, 0.05) is 0 Å². The predicted octanol–water partition coefficient (Wildman–Crippen LogP) is 3.59. The van der Waals surface area contributed by atoms with E-state index >= 15 is 0 Å².